The second-order valence-corrected chi connectivity index (χ2v) is 16.2. The van der Waals surface area contributed by atoms with E-state index >= 15 is 0 Å². The van der Waals surface area contributed by atoms with E-state index in [1.54, 1.807) is 0 Å². The first kappa shape index (κ1) is 36.5. The van der Waals surface area contributed by atoms with Crippen molar-refractivity contribution in [3.8, 4) is 33.5 Å². The number of rotatable bonds is 9. The van der Waals surface area contributed by atoms with E-state index in [0.717, 1.165) is 90.1 Å². The number of methoxy groups -OCH3 is 1. The molecule has 8 rings (SSSR count). The number of H-pyrrole nitrogens is 2. The first-order valence-electron chi connectivity index (χ1n) is 19.8. The number of benzene rings is 3. The van der Waals surface area contributed by atoms with Crippen molar-refractivity contribution < 1.29 is 19.1 Å². The van der Waals surface area contributed by atoms with Crippen LogP contribution in [0.25, 0.3) is 44.5 Å². The molecule has 2 saturated heterocycles. The van der Waals surface area contributed by atoms with Gasteiger partial charge in [0.15, 0.2) is 0 Å². The number of imidazole rings is 2. The zero-order valence-electron chi connectivity index (χ0n) is 32.4. The molecule has 3 N–H and O–H groups in total. The number of carbonyl (C=O) groups excluding carboxylic acids is 3. The van der Waals surface area contributed by atoms with Crippen molar-refractivity contribution in [2.75, 3.05) is 20.2 Å². The molecule has 2 aromatic heterocycles. The number of likely N-dealkylation sites (tertiary alicyclic amines) is 2. The molecule has 2 aliphatic heterocycles. The number of hydrogen-bond acceptors (Lipinski definition) is 6. The molecule has 286 valence electrons. The van der Waals surface area contributed by atoms with E-state index in [2.05, 4.69) is 77.7 Å². The van der Waals surface area contributed by atoms with E-state index < -0.39 is 12.1 Å². The van der Waals surface area contributed by atoms with Crippen molar-refractivity contribution in [2.24, 2.45) is 11.8 Å². The Morgan fingerprint density at radius 1 is 0.818 bits per heavy atom. The quantitative estimate of drug-likeness (QED) is 0.140. The second-order valence-electron chi connectivity index (χ2n) is 16.2. The Balaban J connectivity index is 0.991. The number of nitrogens with zero attached hydrogens (tertiary/aromatic N) is 4. The van der Waals surface area contributed by atoms with Crippen molar-refractivity contribution >= 4 is 28.9 Å². The van der Waals surface area contributed by atoms with Crippen molar-refractivity contribution in [2.45, 2.75) is 90.8 Å². The minimum Gasteiger partial charge on any atom is -0.453 e. The molecule has 5 aromatic rings. The lowest BCUT2D eigenvalue weighted by molar-refractivity contribution is -0.135. The zero-order chi connectivity index (χ0) is 38.4. The Kier molecular flexibility index (Phi) is 9.96. The average Bonchev–Trinajstić information content (AvgIpc) is 4.01. The van der Waals surface area contributed by atoms with Gasteiger partial charge in [-0.15, -0.1) is 0 Å². The fourth-order valence-corrected chi connectivity index (χ4v) is 8.77. The summed E-state index contributed by atoms with van der Waals surface area (Å²) in [5.74, 6) is 2.00. The van der Waals surface area contributed by atoms with Gasteiger partial charge in [-0.2, -0.15) is 0 Å². The van der Waals surface area contributed by atoms with Crippen LogP contribution in [0, 0.1) is 11.8 Å². The van der Waals surface area contributed by atoms with E-state index in [4.69, 9.17) is 14.7 Å². The van der Waals surface area contributed by atoms with Gasteiger partial charge in [-0.25, -0.2) is 14.8 Å². The number of alkyl carbamates (subject to hydrolysis) is 1. The van der Waals surface area contributed by atoms with Gasteiger partial charge in [-0.05, 0) is 108 Å². The monoisotopic (exact) mass is 741 g/mol. The van der Waals surface area contributed by atoms with E-state index in [9.17, 15) is 14.4 Å². The summed E-state index contributed by atoms with van der Waals surface area (Å²) >= 11 is 0. The van der Waals surface area contributed by atoms with Crippen LogP contribution in [0.15, 0.2) is 60.8 Å². The van der Waals surface area contributed by atoms with Crippen LogP contribution in [-0.4, -0.2) is 73.9 Å². The molecular weight excluding hydrogens is 691 g/mol. The van der Waals surface area contributed by atoms with Gasteiger partial charge < -0.3 is 29.8 Å². The fourth-order valence-electron chi connectivity index (χ4n) is 8.77. The summed E-state index contributed by atoms with van der Waals surface area (Å²) < 4.78 is 4.79. The lowest BCUT2D eigenvalue weighted by Crippen LogP contribution is -2.51. The third-order valence-electron chi connectivity index (χ3n) is 11.6. The van der Waals surface area contributed by atoms with Gasteiger partial charge in [-0.1, -0.05) is 64.1 Å². The van der Waals surface area contributed by atoms with Gasteiger partial charge in [0.1, 0.15) is 17.7 Å². The predicted molar refractivity (Wildman–Crippen MR) is 213 cm³/mol. The highest BCUT2D eigenvalue weighted by molar-refractivity contribution is 5.87. The Hall–Kier alpha value is -5.45. The van der Waals surface area contributed by atoms with Gasteiger partial charge in [0.2, 0.25) is 11.8 Å². The molecule has 55 heavy (non-hydrogen) atoms. The average molecular weight is 742 g/mol. The summed E-state index contributed by atoms with van der Waals surface area (Å²) in [6, 6.07) is 18.9. The Morgan fingerprint density at radius 2 is 1.45 bits per heavy atom. The van der Waals surface area contributed by atoms with Crippen LogP contribution in [0.2, 0.25) is 0 Å². The molecule has 3 aliphatic rings. The number of aromatic nitrogens is 4. The Bertz CT molecular complexity index is 2250. The summed E-state index contributed by atoms with van der Waals surface area (Å²) in [6.45, 7) is 9.44. The topological polar surface area (TPSA) is 136 Å². The molecule has 1 aliphatic carbocycles. The SMILES string of the molecule is COC(=O)NC(C(=O)N1CCCC1c1nc2ccc(-c3ccc4c(c3)CCc3cc(-c5cnc(C6CCCN6C(=O)CC(C)C)[nH]5)ccc3-4)cc2[nH]1)C(C)C. The standard InChI is InChI=1S/C44H51N7O4/c1-25(2)20-39(52)50-18-6-8-37(50)41-45-24-36(48-41)31-13-16-33-30(22-31)11-10-29-21-27(12-15-32(29)33)28-14-17-34-35(23-28)47-42(46-34)38-9-7-19-51(38)43(53)40(26(3)4)49-44(54)55-5/h12-17,21-26,37-38,40H,6-11,18-20H2,1-5H3,(H,45,48)(H,46,47)(H,49,54). The number of aromatic amines is 2. The van der Waals surface area contributed by atoms with Crippen molar-refractivity contribution in [3.63, 3.8) is 0 Å². The molecule has 0 radical (unpaired) electrons. The van der Waals surface area contributed by atoms with E-state index in [1.165, 1.54) is 29.4 Å². The van der Waals surface area contributed by atoms with Crippen LogP contribution in [0.5, 0.6) is 0 Å². The van der Waals surface area contributed by atoms with Gasteiger partial charge in [0.25, 0.3) is 0 Å². The minimum absolute atomic E-state index is 0.0175. The lowest BCUT2D eigenvalue weighted by Gasteiger charge is -2.29. The van der Waals surface area contributed by atoms with Gasteiger partial charge >= 0.3 is 6.09 Å². The van der Waals surface area contributed by atoms with Crippen molar-refractivity contribution in [1.29, 1.82) is 0 Å². The largest absolute Gasteiger partial charge is 0.453 e. The number of fused-ring (bicyclic) bond motifs is 4. The molecule has 3 unspecified atom stereocenters. The van der Waals surface area contributed by atoms with Crippen LogP contribution in [0.4, 0.5) is 4.79 Å². The second kappa shape index (κ2) is 15.0. The van der Waals surface area contributed by atoms with Crippen LogP contribution in [0.3, 0.4) is 0 Å². The molecule has 0 spiro atoms. The summed E-state index contributed by atoms with van der Waals surface area (Å²) in [7, 11) is 1.31. The van der Waals surface area contributed by atoms with Crippen molar-refractivity contribution in [1.82, 2.24) is 35.1 Å². The molecule has 3 amide bonds. The molecule has 3 aromatic carbocycles. The van der Waals surface area contributed by atoms with Gasteiger partial charge in [-0.3, -0.25) is 9.59 Å². The number of aryl methyl sites for hydroxylation is 2. The van der Waals surface area contributed by atoms with Crippen molar-refractivity contribution in [3.05, 3.63) is 83.6 Å². The molecule has 3 atom stereocenters. The molecule has 11 heteroatoms. The van der Waals surface area contributed by atoms with Crippen LogP contribution in [0.1, 0.15) is 94.7 Å². The molecular formula is C44H51N7O4. The summed E-state index contributed by atoms with van der Waals surface area (Å²) in [4.78, 5) is 59.2. The van der Waals surface area contributed by atoms with E-state index in [-0.39, 0.29) is 29.8 Å². The maximum Gasteiger partial charge on any atom is 0.407 e. The first-order chi connectivity index (χ1) is 26.6. The molecule has 4 heterocycles. The molecule has 0 saturated carbocycles. The number of ether oxygens (including phenoxy) is 1. The van der Waals surface area contributed by atoms with E-state index in [0.29, 0.717) is 18.9 Å². The third-order valence-corrected chi connectivity index (χ3v) is 11.6. The maximum atomic E-state index is 13.7. The normalized spacial score (nSPS) is 18.5. The highest BCUT2D eigenvalue weighted by Crippen LogP contribution is 2.39. The van der Waals surface area contributed by atoms with Crippen LogP contribution < -0.4 is 5.32 Å². The number of hydrogen-bond donors (Lipinski definition) is 3. The van der Waals surface area contributed by atoms with Crippen LogP contribution in [-0.2, 0) is 27.2 Å². The number of nitrogens with one attached hydrogen (secondary N) is 3. The number of carbonyl (C=O) groups is 3. The smallest absolute Gasteiger partial charge is 0.407 e. The first-order valence-corrected chi connectivity index (χ1v) is 19.8. The maximum absolute atomic E-state index is 13.7. The van der Waals surface area contributed by atoms with Crippen LogP contribution >= 0.6 is 0 Å². The Labute approximate surface area is 322 Å². The number of amides is 3. The lowest BCUT2D eigenvalue weighted by atomic mass is 9.83. The summed E-state index contributed by atoms with van der Waals surface area (Å²) in [5, 5.41) is 2.72. The molecule has 0 bridgehead atoms. The summed E-state index contributed by atoms with van der Waals surface area (Å²) in [6.07, 6.45) is 7.40. The third kappa shape index (κ3) is 7.12. The zero-order valence-corrected chi connectivity index (χ0v) is 32.4. The molecule has 11 nitrogen and oxygen atoms in total. The summed E-state index contributed by atoms with van der Waals surface area (Å²) in [5.41, 5.74) is 11.4. The minimum atomic E-state index is -0.673. The fraction of sp³-hybridized carbons (Fsp3) is 0.432. The molecule has 2 fully saturated rings. The van der Waals surface area contributed by atoms with Gasteiger partial charge in [0.05, 0.1) is 42.1 Å². The highest BCUT2D eigenvalue weighted by atomic mass is 16.5. The van der Waals surface area contributed by atoms with Gasteiger partial charge in [0, 0.05) is 19.5 Å². The Morgan fingerprint density at radius 3 is 2.15 bits per heavy atom. The predicted octanol–water partition coefficient (Wildman–Crippen LogP) is 8.14. The van der Waals surface area contributed by atoms with E-state index in [1.807, 2.05) is 35.9 Å². The highest BCUT2D eigenvalue weighted by Gasteiger charge is 2.38.